The first kappa shape index (κ1) is 10.3. The third kappa shape index (κ3) is 2.58. The highest BCUT2D eigenvalue weighted by Crippen LogP contribution is 2.30. The fourth-order valence-electron chi connectivity index (χ4n) is 2.05. The number of hydrogen-bond acceptors (Lipinski definition) is 1. The van der Waals surface area contributed by atoms with E-state index in [1.807, 2.05) is 6.92 Å². The van der Waals surface area contributed by atoms with E-state index in [4.69, 9.17) is 5.11 Å². The maximum Gasteiger partial charge on any atom is 0.307 e. The molecule has 13 heavy (non-hydrogen) atoms. The molecule has 0 aromatic rings. The Kier molecular flexibility index (Phi) is 3.52. The molecule has 0 aromatic heterocycles. The first-order chi connectivity index (χ1) is 6.15. The molecule has 2 nitrogen and oxygen atoms in total. The van der Waals surface area contributed by atoms with Gasteiger partial charge in [-0.25, -0.2) is 0 Å². The average molecular weight is 182 g/mol. The smallest absolute Gasteiger partial charge is 0.307 e. The van der Waals surface area contributed by atoms with Gasteiger partial charge in [0.1, 0.15) is 0 Å². The molecular weight excluding hydrogens is 164 g/mol. The van der Waals surface area contributed by atoms with Gasteiger partial charge in [-0.1, -0.05) is 31.9 Å². The third-order valence-corrected chi connectivity index (χ3v) is 2.80. The lowest BCUT2D eigenvalue weighted by Crippen LogP contribution is -2.23. The van der Waals surface area contributed by atoms with E-state index < -0.39 is 5.97 Å². The van der Waals surface area contributed by atoms with Crippen LogP contribution in [0.25, 0.3) is 0 Å². The maximum absolute atomic E-state index is 10.8. The fourth-order valence-corrected chi connectivity index (χ4v) is 2.05. The van der Waals surface area contributed by atoms with Crippen molar-refractivity contribution < 1.29 is 9.90 Å². The summed E-state index contributed by atoms with van der Waals surface area (Å²) in [5.74, 6) is -0.576. The summed E-state index contributed by atoms with van der Waals surface area (Å²) in [5, 5.41) is 8.90. The van der Waals surface area contributed by atoms with E-state index >= 15 is 0 Å². The first-order valence-electron chi connectivity index (χ1n) is 5.07. The summed E-state index contributed by atoms with van der Waals surface area (Å²) in [6.07, 6.45) is 6.26. The Hall–Kier alpha value is -0.790. The van der Waals surface area contributed by atoms with Crippen LogP contribution in [0.2, 0.25) is 0 Å². The summed E-state index contributed by atoms with van der Waals surface area (Å²) in [5.41, 5.74) is 1.45. The summed E-state index contributed by atoms with van der Waals surface area (Å²) in [6.45, 7) is 4.17. The number of allylic oxidation sites excluding steroid dienone is 2. The van der Waals surface area contributed by atoms with Crippen molar-refractivity contribution in [2.45, 2.75) is 39.5 Å². The van der Waals surface area contributed by atoms with E-state index in [1.54, 1.807) is 0 Å². The standard InChI is InChI=1S/C11H18O2/c1-3-4-9-5-6-10(11(12)13)8(2)7-9/h7-8,10H,3-6H2,1-2H3,(H,12,13)/t8-,10+/m0/s1. The SMILES string of the molecule is CCCC1=C[C@H](C)[C@H](C(=O)O)CC1. The van der Waals surface area contributed by atoms with Crippen LogP contribution in [-0.4, -0.2) is 11.1 Å². The number of rotatable bonds is 3. The van der Waals surface area contributed by atoms with Crippen LogP contribution in [0, 0.1) is 11.8 Å². The second kappa shape index (κ2) is 4.45. The van der Waals surface area contributed by atoms with Crippen molar-refractivity contribution in [3.8, 4) is 0 Å². The topological polar surface area (TPSA) is 37.3 Å². The number of aliphatic carboxylic acids is 1. The molecule has 74 valence electrons. The first-order valence-corrected chi connectivity index (χ1v) is 5.07. The van der Waals surface area contributed by atoms with Crippen LogP contribution in [0.3, 0.4) is 0 Å². The van der Waals surface area contributed by atoms with E-state index in [1.165, 1.54) is 5.57 Å². The van der Waals surface area contributed by atoms with Gasteiger partial charge in [0.15, 0.2) is 0 Å². The largest absolute Gasteiger partial charge is 0.481 e. The Bertz CT molecular complexity index is 218. The van der Waals surface area contributed by atoms with Gasteiger partial charge in [0.2, 0.25) is 0 Å². The monoisotopic (exact) mass is 182 g/mol. The predicted molar refractivity (Wildman–Crippen MR) is 52.5 cm³/mol. The van der Waals surface area contributed by atoms with Crippen LogP contribution in [0.4, 0.5) is 0 Å². The molecule has 0 spiro atoms. The number of carboxylic acids is 1. The molecule has 1 N–H and O–H groups in total. The van der Waals surface area contributed by atoms with Crippen molar-refractivity contribution in [2.75, 3.05) is 0 Å². The molecule has 2 heteroatoms. The third-order valence-electron chi connectivity index (χ3n) is 2.80. The number of carbonyl (C=O) groups is 1. The van der Waals surface area contributed by atoms with E-state index in [9.17, 15) is 4.79 Å². The molecule has 1 aliphatic carbocycles. The zero-order chi connectivity index (χ0) is 9.84. The van der Waals surface area contributed by atoms with Gasteiger partial charge in [0.25, 0.3) is 0 Å². The Morgan fingerprint density at radius 2 is 2.38 bits per heavy atom. The number of hydrogen-bond donors (Lipinski definition) is 1. The molecular formula is C11H18O2. The minimum Gasteiger partial charge on any atom is -0.481 e. The summed E-state index contributed by atoms with van der Waals surface area (Å²) in [6, 6.07) is 0. The summed E-state index contributed by atoms with van der Waals surface area (Å²) < 4.78 is 0. The highest BCUT2D eigenvalue weighted by molar-refractivity contribution is 5.71. The molecule has 0 heterocycles. The molecule has 2 atom stereocenters. The summed E-state index contributed by atoms with van der Waals surface area (Å²) in [4.78, 5) is 10.8. The molecule has 1 aliphatic rings. The van der Waals surface area contributed by atoms with Crippen molar-refractivity contribution in [1.82, 2.24) is 0 Å². The van der Waals surface area contributed by atoms with Crippen molar-refractivity contribution in [1.29, 1.82) is 0 Å². The molecule has 0 bridgehead atoms. The minimum atomic E-state index is -0.640. The Morgan fingerprint density at radius 3 is 2.85 bits per heavy atom. The Morgan fingerprint density at radius 1 is 1.69 bits per heavy atom. The average Bonchev–Trinajstić information content (AvgIpc) is 2.04. The molecule has 0 amide bonds. The van der Waals surface area contributed by atoms with Gasteiger partial charge < -0.3 is 5.11 Å². The lowest BCUT2D eigenvalue weighted by atomic mass is 9.81. The normalized spacial score (nSPS) is 28.3. The van der Waals surface area contributed by atoms with Gasteiger partial charge in [-0.05, 0) is 25.2 Å². The van der Waals surface area contributed by atoms with E-state index in [0.29, 0.717) is 0 Å². The van der Waals surface area contributed by atoms with Crippen LogP contribution in [0.1, 0.15) is 39.5 Å². The van der Waals surface area contributed by atoms with Crippen molar-refractivity contribution in [3.05, 3.63) is 11.6 Å². The lowest BCUT2D eigenvalue weighted by Gasteiger charge is -2.24. The van der Waals surface area contributed by atoms with Gasteiger partial charge in [0.05, 0.1) is 5.92 Å². The zero-order valence-corrected chi connectivity index (χ0v) is 8.42. The minimum absolute atomic E-state index is 0.152. The molecule has 0 saturated heterocycles. The van der Waals surface area contributed by atoms with Gasteiger partial charge in [-0.3, -0.25) is 4.79 Å². The molecule has 0 aromatic carbocycles. The second-order valence-electron chi connectivity index (χ2n) is 3.92. The van der Waals surface area contributed by atoms with Gasteiger partial charge in [0, 0.05) is 0 Å². The fraction of sp³-hybridized carbons (Fsp3) is 0.727. The highest BCUT2D eigenvalue weighted by atomic mass is 16.4. The van der Waals surface area contributed by atoms with E-state index in [0.717, 1.165) is 25.7 Å². The summed E-state index contributed by atoms with van der Waals surface area (Å²) in [7, 11) is 0. The number of carboxylic acid groups (broad SMARTS) is 1. The van der Waals surface area contributed by atoms with Gasteiger partial charge in [-0.15, -0.1) is 0 Å². The molecule has 0 unspecified atom stereocenters. The molecule has 0 fully saturated rings. The van der Waals surface area contributed by atoms with Crippen LogP contribution in [0.5, 0.6) is 0 Å². The van der Waals surface area contributed by atoms with E-state index in [2.05, 4.69) is 13.0 Å². The molecule has 0 aliphatic heterocycles. The van der Waals surface area contributed by atoms with Crippen LogP contribution < -0.4 is 0 Å². The van der Waals surface area contributed by atoms with Crippen molar-refractivity contribution in [2.24, 2.45) is 11.8 Å². The quantitative estimate of drug-likeness (QED) is 0.681. The van der Waals surface area contributed by atoms with Gasteiger partial charge >= 0.3 is 5.97 Å². The molecule has 0 saturated carbocycles. The maximum atomic E-state index is 10.8. The molecule has 0 radical (unpaired) electrons. The zero-order valence-electron chi connectivity index (χ0n) is 8.42. The Balaban J connectivity index is 2.60. The van der Waals surface area contributed by atoms with Crippen molar-refractivity contribution >= 4 is 5.97 Å². The molecule has 1 rings (SSSR count). The van der Waals surface area contributed by atoms with Crippen LogP contribution >= 0.6 is 0 Å². The van der Waals surface area contributed by atoms with E-state index in [-0.39, 0.29) is 11.8 Å². The van der Waals surface area contributed by atoms with Crippen molar-refractivity contribution in [3.63, 3.8) is 0 Å². The van der Waals surface area contributed by atoms with Crippen LogP contribution in [-0.2, 0) is 4.79 Å². The lowest BCUT2D eigenvalue weighted by molar-refractivity contribution is -0.143. The van der Waals surface area contributed by atoms with Crippen LogP contribution in [0.15, 0.2) is 11.6 Å². The second-order valence-corrected chi connectivity index (χ2v) is 3.92. The predicted octanol–water partition coefficient (Wildman–Crippen LogP) is 2.84. The Labute approximate surface area is 79.6 Å². The summed E-state index contributed by atoms with van der Waals surface area (Å²) >= 11 is 0. The van der Waals surface area contributed by atoms with Gasteiger partial charge in [-0.2, -0.15) is 0 Å². The highest BCUT2D eigenvalue weighted by Gasteiger charge is 2.26.